The van der Waals surface area contributed by atoms with Crippen LogP contribution in [0.15, 0.2) is 0 Å². The topological polar surface area (TPSA) is 43.9 Å². The van der Waals surface area contributed by atoms with Crippen molar-refractivity contribution in [1.29, 1.82) is 0 Å². The van der Waals surface area contributed by atoms with E-state index in [1.54, 1.807) is 11.2 Å². The van der Waals surface area contributed by atoms with Crippen LogP contribution < -0.4 is 0 Å². The molecule has 0 aliphatic carbocycles. The van der Waals surface area contributed by atoms with E-state index in [-0.39, 0.29) is 5.75 Å². The van der Waals surface area contributed by atoms with Gasteiger partial charge >= 0.3 is 0 Å². The summed E-state index contributed by atoms with van der Waals surface area (Å²) in [7, 11) is 3.25. The van der Waals surface area contributed by atoms with Crippen molar-refractivity contribution in [2.75, 3.05) is 53.1 Å². The smallest absolute Gasteiger partial charge is 0.213 e. The molecule has 0 aromatic carbocycles. The maximum atomic E-state index is 11.9. The number of hydrogen-bond donors (Lipinski definition) is 0. The van der Waals surface area contributed by atoms with Gasteiger partial charge in [-0.3, -0.25) is 0 Å². The van der Waals surface area contributed by atoms with Gasteiger partial charge in [0.25, 0.3) is 0 Å². The first-order valence-corrected chi connectivity index (χ1v) is 8.80. The second kappa shape index (κ2) is 7.57. The van der Waals surface area contributed by atoms with Crippen LogP contribution in [0.3, 0.4) is 0 Å². The van der Waals surface area contributed by atoms with Gasteiger partial charge in [0.05, 0.1) is 5.75 Å². The molecule has 1 saturated heterocycles. The van der Waals surface area contributed by atoms with Crippen molar-refractivity contribution in [2.24, 2.45) is 0 Å². The van der Waals surface area contributed by atoms with Crippen LogP contribution in [0.25, 0.3) is 0 Å². The third kappa shape index (κ3) is 5.38. The van der Waals surface area contributed by atoms with E-state index in [0.717, 1.165) is 32.4 Å². The molecule has 0 unspecified atom stereocenters. The third-order valence-electron chi connectivity index (χ3n) is 3.86. The highest BCUT2D eigenvalue weighted by Gasteiger charge is 2.29. The van der Waals surface area contributed by atoms with Gasteiger partial charge in [0, 0.05) is 19.1 Å². The van der Waals surface area contributed by atoms with Crippen LogP contribution in [-0.4, -0.2) is 81.6 Å². The number of hydrogen-bond acceptors (Lipinski definition) is 4. The van der Waals surface area contributed by atoms with Gasteiger partial charge < -0.3 is 9.80 Å². The lowest BCUT2D eigenvalue weighted by atomic mass is 10.1. The Morgan fingerprint density at radius 2 is 1.89 bits per heavy atom. The summed E-state index contributed by atoms with van der Waals surface area (Å²) in [5, 5.41) is 0. The van der Waals surface area contributed by atoms with Gasteiger partial charge in [0.15, 0.2) is 0 Å². The summed E-state index contributed by atoms with van der Waals surface area (Å²) >= 11 is 0. The highest BCUT2D eigenvalue weighted by atomic mass is 32.2. The van der Waals surface area contributed by atoms with Gasteiger partial charge in [-0.2, -0.15) is 0 Å². The van der Waals surface area contributed by atoms with Crippen LogP contribution in [0.4, 0.5) is 0 Å². The number of likely N-dealkylation sites (N-methyl/N-ethyl adjacent to an activating group) is 1. The van der Waals surface area contributed by atoms with Crippen molar-refractivity contribution in [2.45, 2.75) is 32.2 Å². The summed E-state index contributed by atoms with van der Waals surface area (Å²) in [6.45, 7) is 5.18. The van der Waals surface area contributed by atoms with E-state index in [4.69, 9.17) is 0 Å². The fraction of sp³-hybridized carbons (Fsp3) is 1.00. The zero-order valence-electron chi connectivity index (χ0n) is 12.8. The minimum absolute atomic E-state index is 0.212. The Bertz CT molecular complexity index is 357. The van der Waals surface area contributed by atoms with E-state index in [0.29, 0.717) is 19.1 Å². The summed E-state index contributed by atoms with van der Waals surface area (Å²) in [5.74, 6) is 0.212. The second-order valence-corrected chi connectivity index (χ2v) is 7.95. The van der Waals surface area contributed by atoms with Gasteiger partial charge in [-0.05, 0) is 60.4 Å². The van der Waals surface area contributed by atoms with E-state index in [1.807, 2.05) is 0 Å². The first-order chi connectivity index (χ1) is 8.86. The van der Waals surface area contributed by atoms with Crippen molar-refractivity contribution in [3.05, 3.63) is 0 Å². The fourth-order valence-electron chi connectivity index (χ4n) is 2.53. The van der Waals surface area contributed by atoms with Crippen LogP contribution in [0.5, 0.6) is 0 Å². The quantitative estimate of drug-likeness (QED) is 0.692. The molecule has 1 aliphatic heterocycles. The largest absolute Gasteiger partial charge is 0.309 e. The Balaban J connectivity index is 2.46. The Kier molecular flexibility index (Phi) is 6.73. The maximum Gasteiger partial charge on any atom is 0.213 e. The molecule has 0 N–H and O–H groups in total. The second-order valence-electron chi connectivity index (χ2n) is 5.69. The van der Waals surface area contributed by atoms with E-state index >= 15 is 0 Å². The van der Waals surface area contributed by atoms with Gasteiger partial charge in [0.2, 0.25) is 10.0 Å². The van der Waals surface area contributed by atoms with Gasteiger partial charge in [0.1, 0.15) is 0 Å². The summed E-state index contributed by atoms with van der Waals surface area (Å²) in [6.07, 6.45) is 3.21. The van der Waals surface area contributed by atoms with E-state index in [9.17, 15) is 8.42 Å². The summed E-state index contributed by atoms with van der Waals surface area (Å²) in [6, 6.07) is 0.372. The minimum atomic E-state index is -3.02. The predicted molar refractivity (Wildman–Crippen MR) is 79.9 cm³/mol. The highest BCUT2D eigenvalue weighted by Crippen LogP contribution is 2.18. The average Bonchev–Trinajstić information content (AvgIpc) is 2.38. The van der Waals surface area contributed by atoms with Crippen molar-refractivity contribution in [3.63, 3.8) is 0 Å². The zero-order valence-corrected chi connectivity index (χ0v) is 13.6. The molecule has 0 spiro atoms. The minimum Gasteiger partial charge on any atom is -0.309 e. The zero-order chi connectivity index (χ0) is 14.5. The monoisotopic (exact) mass is 291 g/mol. The number of nitrogens with zero attached hydrogens (tertiary/aromatic N) is 3. The summed E-state index contributed by atoms with van der Waals surface area (Å²) in [4.78, 5) is 4.50. The fourth-order valence-corrected chi connectivity index (χ4v) is 3.71. The molecule has 1 heterocycles. The molecule has 1 fully saturated rings. The van der Waals surface area contributed by atoms with Crippen LogP contribution in [0.1, 0.15) is 26.2 Å². The molecule has 5 nitrogen and oxygen atoms in total. The Morgan fingerprint density at radius 3 is 2.47 bits per heavy atom. The molecule has 19 heavy (non-hydrogen) atoms. The molecule has 0 saturated carbocycles. The van der Waals surface area contributed by atoms with Crippen molar-refractivity contribution in [3.8, 4) is 0 Å². The van der Waals surface area contributed by atoms with Gasteiger partial charge in [-0.25, -0.2) is 12.7 Å². The normalized spacial score (nSPS) is 22.3. The number of piperidine rings is 1. The molecule has 0 bridgehead atoms. The van der Waals surface area contributed by atoms with E-state index in [2.05, 4.69) is 30.9 Å². The van der Waals surface area contributed by atoms with Crippen molar-refractivity contribution >= 4 is 10.0 Å². The number of sulfonamides is 1. The molecule has 6 heteroatoms. The molecule has 0 amide bonds. The molecule has 0 aromatic heterocycles. The molecule has 0 radical (unpaired) electrons. The van der Waals surface area contributed by atoms with E-state index < -0.39 is 10.0 Å². The molecule has 1 aliphatic rings. The Morgan fingerprint density at radius 1 is 1.21 bits per heavy atom. The molecular formula is C13H29N3O2S. The third-order valence-corrected chi connectivity index (χ3v) is 5.70. The van der Waals surface area contributed by atoms with Crippen LogP contribution in [0, 0.1) is 0 Å². The van der Waals surface area contributed by atoms with Crippen LogP contribution in [0.2, 0.25) is 0 Å². The maximum absolute atomic E-state index is 11.9. The van der Waals surface area contributed by atoms with Crippen LogP contribution >= 0.6 is 0 Å². The molecule has 114 valence electrons. The van der Waals surface area contributed by atoms with Gasteiger partial charge in [-0.1, -0.05) is 0 Å². The first kappa shape index (κ1) is 16.9. The number of rotatable bonds is 7. The van der Waals surface area contributed by atoms with E-state index in [1.165, 1.54) is 0 Å². The molecule has 1 atom stereocenters. The van der Waals surface area contributed by atoms with Crippen molar-refractivity contribution < 1.29 is 8.42 Å². The lowest BCUT2D eigenvalue weighted by Crippen LogP contribution is -2.49. The lowest BCUT2D eigenvalue weighted by molar-refractivity contribution is 0.158. The average molecular weight is 291 g/mol. The SMILES string of the molecule is CCS(=O)(=O)N1CCC[C@H](N(C)CCCN(C)C)C1. The summed E-state index contributed by atoms with van der Waals surface area (Å²) in [5.41, 5.74) is 0. The molecule has 1 rings (SSSR count). The standard InChI is InChI=1S/C13H29N3O2S/c1-5-19(17,18)16-11-6-8-13(12-16)15(4)10-7-9-14(2)3/h13H,5-12H2,1-4H3/t13-/m0/s1. The Hall–Kier alpha value is -0.170. The van der Waals surface area contributed by atoms with Crippen LogP contribution in [-0.2, 0) is 10.0 Å². The van der Waals surface area contributed by atoms with Crippen molar-refractivity contribution in [1.82, 2.24) is 14.1 Å². The summed E-state index contributed by atoms with van der Waals surface area (Å²) < 4.78 is 25.5. The highest BCUT2D eigenvalue weighted by molar-refractivity contribution is 7.89. The Labute approximate surface area is 118 Å². The van der Waals surface area contributed by atoms with Gasteiger partial charge in [-0.15, -0.1) is 0 Å². The lowest BCUT2D eigenvalue weighted by Gasteiger charge is -2.37. The first-order valence-electron chi connectivity index (χ1n) is 7.19. The molecule has 0 aromatic rings. The molecular weight excluding hydrogens is 262 g/mol. The predicted octanol–water partition coefficient (Wildman–Crippen LogP) is 0.684.